The Morgan fingerprint density at radius 2 is 1.85 bits per heavy atom. The Balaban J connectivity index is 1.39. The maximum absolute atomic E-state index is 13.3. The molecule has 1 saturated carbocycles. The standard InChI is InChI=1S/C30H42N4O5/c1-21(15-22-7-5-4-6-8-22)27(36)33-14-13-30(39,29(2,3)18-33)19-34-20-32-25(16-26(34)35)24-11-9-23(10-12-24)17-31-28(37)38/h9-12,16,20-22,31,39H,4-8,13-15,17-19H2,1-3H3,(H,37,38). The van der Waals surface area contributed by atoms with Gasteiger partial charge in [0.2, 0.25) is 5.91 Å². The molecule has 2 aliphatic rings. The van der Waals surface area contributed by atoms with Crippen molar-refractivity contribution in [3.05, 3.63) is 52.6 Å². The highest BCUT2D eigenvalue weighted by Gasteiger charge is 2.49. The SMILES string of the molecule is CC(CC1CCCCC1)C(=O)N1CCC(O)(Cn2cnc(-c3ccc(CNC(=O)O)cc3)cc2=O)C(C)(C)C1. The molecule has 0 spiro atoms. The molecule has 1 aliphatic carbocycles. The van der Waals surface area contributed by atoms with Crippen molar-refractivity contribution in [1.29, 1.82) is 0 Å². The number of nitrogens with zero attached hydrogens (tertiary/aromatic N) is 3. The number of likely N-dealkylation sites (tertiary alicyclic amines) is 1. The van der Waals surface area contributed by atoms with Crippen LogP contribution in [0, 0.1) is 17.3 Å². The summed E-state index contributed by atoms with van der Waals surface area (Å²) >= 11 is 0. The molecular weight excluding hydrogens is 496 g/mol. The fourth-order valence-electron chi connectivity index (χ4n) is 6.13. The number of amides is 2. The molecule has 9 nitrogen and oxygen atoms in total. The molecule has 1 aromatic carbocycles. The number of hydrogen-bond acceptors (Lipinski definition) is 5. The predicted octanol–water partition coefficient (Wildman–Crippen LogP) is 4.27. The summed E-state index contributed by atoms with van der Waals surface area (Å²) < 4.78 is 1.44. The maximum Gasteiger partial charge on any atom is 0.404 e. The van der Waals surface area contributed by atoms with Crippen LogP contribution in [0.5, 0.6) is 0 Å². The predicted molar refractivity (Wildman–Crippen MR) is 149 cm³/mol. The Morgan fingerprint density at radius 3 is 2.46 bits per heavy atom. The van der Waals surface area contributed by atoms with Crippen LogP contribution in [-0.4, -0.2) is 55.4 Å². The fourth-order valence-corrected chi connectivity index (χ4v) is 6.13. The summed E-state index contributed by atoms with van der Waals surface area (Å²) in [6, 6.07) is 8.61. The van der Waals surface area contributed by atoms with E-state index in [9.17, 15) is 19.5 Å². The van der Waals surface area contributed by atoms with E-state index in [4.69, 9.17) is 5.11 Å². The van der Waals surface area contributed by atoms with Gasteiger partial charge in [0.25, 0.3) is 5.56 Å². The van der Waals surface area contributed by atoms with Crippen LogP contribution in [0.1, 0.15) is 71.3 Å². The summed E-state index contributed by atoms with van der Waals surface area (Å²) in [6.07, 6.45) is 8.00. The van der Waals surface area contributed by atoms with Crippen molar-refractivity contribution >= 4 is 12.0 Å². The van der Waals surface area contributed by atoms with Gasteiger partial charge in [0, 0.05) is 42.6 Å². The molecule has 39 heavy (non-hydrogen) atoms. The van der Waals surface area contributed by atoms with Gasteiger partial charge in [0.1, 0.15) is 0 Å². The molecule has 0 radical (unpaired) electrons. The highest BCUT2D eigenvalue weighted by molar-refractivity contribution is 5.78. The topological polar surface area (TPSA) is 125 Å². The smallest absolute Gasteiger partial charge is 0.404 e. The Hall–Kier alpha value is -3.20. The lowest BCUT2D eigenvalue weighted by Gasteiger charge is -2.50. The zero-order valence-corrected chi connectivity index (χ0v) is 23.4. The van der Waals surface area contributed by atoms with E-state index in [1.54, 1.807) is 24.3 Å². The largest absolute Gasteiger partial charge is 0.465 e. The lowest BCUT2D eigenvalue weighted by molar-refractivity contribution is -0.157. The van der Waals surface area contributed by atoms with E-state index in [0.29, 0.717) is 31.1 Å². The highest BCUT2D eigenvalue weighted by atomic mass is 16.4. The van der Waals surface area contributed by atoms with Crippen molar-refractivity contribution in [2.24, 2.45) is 17.3 Å². The second-order valence-corrected chi connectivity index (χ2v) is 12.2. The van der Waals surface area contributed by atoms with E-state index in [0.717, 1.165) is 17.5 Å². The molecular formula is C30H42N4O5. The Morgan fingerprint density at radius 1 is 1.15 bits per heavy atom. The van der Waals surface area contributed by atoms with Gasteiger partial charge < -0.3 is 20.4 Å². The van der Waals surface area contributed by atoms with E-state index < -0.39 is 17.1 Å². The van der Waals surface area contributed by atoms with Crippen LogP contribution >= 0.6 is 0 Å². The summed E-state index contributed by atoms with van der Waals surface area (Å²) in [5, 5.41) is 22.8. The maximum atomic E-state index is 13.3. The Kier molecular flexibility index (Phi) is 8.79. The molecule has 9 heteroatoms. The minimum Gasteiger partial charge on any atom is -0.465 e. The number of hydrogen-bond donors (Lipinski definition) is 3. The highest BCUT2D eigenvalue weighted by Crippen LogP contribution is 2.40. The minimum atomic E-state index is -1.16. The van der Waals surface area contributed by atoms with Gasteiger partial charge in [-0.15, -0.1) is 0 Å². The van der Waals surface area contributed by atoms with Gasteiger partial charge >= 0.3 is 6.09 Å². The molecule has 3 N–H and O–H groups in total. The normalized spacial score (nSPS) is 22.3. The van der Waals surface area contributed by atoms with Crippen molar-refractivity contribution in [1.82, 2.24) is 19.8 Å². The van der Waals surface area contributed by atoms with Crippen LogP contribution in [0.3, 0.4) is 0 Å². The van der Waals surface area contributed by atoms with E-state index >= 15 is 0 Å². The Bertz CT molecular complexity index is 1220. The third-order valence-electron chi connectivity index (χ3n) is 8.79. The van der Waals surface area contributed by atoms with Gasteiger partial charge in [0.05, 0.1) is 24.2 Å². The first-order valence-electron chi connectivity index (χ1n) is 14.1. The average Bonchev–Trinajstić information content (AvgIpc) is 2.90. The number of nitrogens with one attached hydrogen (secondary N) is 1. The van der Waals surface area contributed by atoms with E-state index in [1.807, 2.05) is 25.7 Å². The second-order valence-electron chi connectivity index (χ2n) is 12.2. The summed E-state index contributed by atoms with van der Waals surface area (Å²) in [5.41, 5.74) is 0.0118. The first kappa shape index (κ1) is 28.8. The van der Waals surface area contributed by atoms with Crippen LogP contribution in [0.4, 0.5) is 4.79 Å². The Labute approximate surface area is 230 Å². The zero-order chi connectivity index (χ0) is 28.2. The summed E-state index contributed by atoms with van der Waals surface area (Å²) in [4.78, 5) is 43.3. The third-order valence-corrected chi connectivity index (χ3v) is 8.79. The number of carbonyl (C=O) groups is 2. The number of rotatable bonds is 8. The van der Waals surface area contributed by atoms with Crippen LogP contribution in [0.2, 0.25) is 0 Å². The molecule has 1 saturated heterocycles. The van der Waals surface area contributed by atoms with Gasteiger partial charge in [-0.25, -0.2) is 9.78 Å². The fraction of sp³-hybridized carbons (Fsp3) is 0.600. The van der Waals surface area contributed by atoms with Crippen molar-refractivity contribution in [3.8, 4) is 11.3 Å². The van der Waals surface area contributed by atoms with Gasteiger partial charge in [-0.3, -0.25) is 14.2 Å². The van der Waals surface area contributed by atoms with Crippen LogP contribution in [-0.2, 0) is 17.9 Å². The molecule has 2 fully saturated rings. The number of benzene rings is 1. The van der Waals surface area contributed by atoms with Crippen molar-refractivity contribution in [2.45, 2.75) is 84.4 Å². The van der Waals surface area contributed by atoms with Crippen LogP contribution in [0.25, 0.3) is 11.3 Å². The first-order valence-corrected chi connectivity index (χ1v) is 14.1. The lowest BCUT2D eigenvalue weighted by Crippen LogP contribution is -2.61. The number of aromatic nitrogens is 2. The number of carboxylic acid groups (broad SMARTS) is 1. The van der Waals surface area contributed by atoms with Gasteiger partial charge in [0.15, 0.2) is 0 Å². The molecule has 2 heterocycles. The summed E-state index contributed by atoms with van der Waals surface area (Å²) in [5.74, 6) is 0.794. The van der Waals surface area contributed by atoms with Crippen molar-refractivity contribution < 1.29 is 19.8 Å². The molecule has 2 unspecified atom stereocenters. The zero-order valence-electron chi connectivity index (χ0n) is 23.4. The van der Waals surface area contributed by atoms with Gasteiger partial charge in [-0.2, -0.15) is 0 Å². The van der Waals surface area contributed by atoms with Crippen LogP contribution in [0.15, 0.2) is 41.5 Å². The molecule has 0 bridgehead atoms. The van der Waals surface area contributed by atoms with Crippen molar-refractivity contribution in [2.75, 3.05) is 13.1 Å². The molecule has 2 amide bonds. The number of piperidine rings is 1. The lowest BCUT2D eigenvalue weighted by atomic mass is 9.69. The average molecular weight is 539 g/mol. The molecule has 1 aromatic heterocycles. The molecule has 4 rings (SSSR count). The van der Waals surface area contributed by atoms with E-state index in [-0.39, 0.29) is 30.5 Å². The second kappa shape index (κ2) is 11.9. The van der Waals surface area contributed by atoms with E-state index in [1.165, 1.54) is 49.1 Å². The summed E-state index contributed by atoms with van der Waals surface area (Å²) in [7, 11) is 0. The molecule has 212 valence electrons. The van der Waals surface area contributed by atoms with E-state index in [2.05, 4.69) is 10.3 Å². The van der Waals surface area contributed by atoms with Crippen molar-refractivity contribution in [3.63, 3.8) is 0 Å². The number of aliphatic hydroxyl groups is 1. The van der Waals surface area contributed by atoms with Gasteiger partial charge in [-0.1, -0.05) is 77.1 Å². The number of carbonyl (C=O) groups excluding carboxylic acids is 1. The summed E-state index contributed by atoms with van der Waals surface area (Å²) in [6.45, 7) is 7.18. The van der Waals surface area contributed by atoms with Crippen LogP contribution < -0.4 is 10.9 Å². The molecule has 2 atom stereocenters. The molecule has 2 aromatic rings. The molecule has 1 aliphatic heterocycles. The minimum absolute atomic E-state index is 0.0167. The third kappa shape index (κ3) is 6.87. The monoisotopic (exact) mass is 538 g/mol. The quantitative estimate of drug-likeness (QED) is 0.461. The first-order chi connectivity index (χ1) is 18.5. The van der Waals surface area contributed by atoms with Gasteiger partial charge in [-0.05, 0) is 24.3 Å².